The lowest BCUT2D eigenvalue weighted by Gasteiger charge is -2.31. The number of aromatic nitrogens is 3. The van der Waals surface area contributed by atoms with E-state index in [2.05, 4.69) is 15.4 Å². The van der Waals surface area contributed by atoms with Crippen LogP contribution in [0.4, 0.5) is 5.69 Å². The van der Waals surface area contributed by atoms with E-state index in [1.807, 2.05) is 44.2 Å². The highest BCUT2D eigenvalue weighted by Gasteiger charge is 2.28. The Morgan fingerprint density at radius 2 is 1.85 bits per heavy atom. The van der Waals surface area contributed by atoms with Gasteiger partial charge in [-0.15, -0.1) is 0 Å². The van der Waals surface area contributed by atoms with E-state index < -0.39 is 5.97 Å². The second kappa shape index (κ2) is 9.81. The summed E-state index contributed by atoms with van der Waals surface area (Å²) in [6.45, 7) is 4.56. The molecule has 0 radical (unpaired) electrons. The Balaban J connectivity index is 1.26. The Morgan fingerprint density at radius 3 is 2.55 bits per heavy atom. The first-order valence-electron chi connectivity index (χ1n) is 11.1. The molecule has 3 heterocycles. The van der Waals surface area contributed by atoms with Gasteiger partial charge in [0, 0.05) is 42.3 Å². The summed E-state index contributed by atoms with van der Waals surface area (Å²) in [7, 11) is 0. The summed E-state index contributed by atoms with van der Waals surface area (Å²) in [6.07, 6.45) is 4.23. The number of anilines is 1. The molecule has 0 bridgehead atoms. The zero-order chi connectivity index (χ0) is 23.4. The number of para-hydroxylation sites is 1. The van der Waals surface area contributed by atoms with Crippen molar-refractivity contribution in [3.8, 4) is 0 Å². The molecule has 2 aromatic heterocycles. The number of piperidine rings is 1. The van der Waals surface area contributed by atoms with Crippen molar-refractivity contribution in [2.24, 2.45) is 5.92 Å². The fourth-order valence-electron chi connectivity index (χ4n) is 3.89. The van der Waals surface area contributed by atoms with Gasteiger partial charge < -0.3 is 15.0 Å². The van der Waals surface area contributed by atoms with Crippen LogP contribution in [-0.2, 0) is 14.3 Å². The fourth-order valence-corrected chi connectivity index (χ4v) is 3.89. The van der Waals surface area contributed by atoms with Crippen molar-refractivity contribution in [3.63, 3.8) is 0 Å². The van der Waals surface area contributed by atoms with Crippen molar-refractivity contribution in [1.29, 1.82) is 0 Å². The van der Waals surface area contributed by atoms with Crippen molar-refractivity contribution in [3.05, 3.63) is 54.4 Å². The van der Waals surface area contributed by atoms with Crippen molar-refractivity contribution < 1.29 is 19.1 Å². The monoisotopic (exact) mass is 449 g/mol. The van der Waals surface area contributed by atoms with E-state index in [1.165, 1.54) is 6.20 Å². The van der Waals surface area contributed by atoms with Gasteiger partial charge in [-0.1, -0.05) is 18.2 Å². The number of hydrogen-bond acceptors (Lipinski definition) is 6. The van der Waals surface area contributed by atoms with Gasteiger partial charge in [-0.3, -0.25) is 9.59 Å². The highest BCUT2D eigenvalue weighted by Crippen LogP contribution is 2.20. The Hall–Kier alpha value is -3.75. The summed E-state index contributed by atoms with van der Waals surface area (Å²) in [5.41, 5.74) is 1.73. The van der Waals surface area contributed by atoms with E-state index >= 15 is 0 Å². The smallest absolute Gasteiger partial charge is 0.340 e. The summed E-state index contributed by atoms with van der Waals surface area (Å²) < 4.78 is 7.00. The van der Waals surface area contributed by atoms with Crippen LogP contribution in [0, 0.1) is 5.92 Å². The molecule has 4 rings (SSSR count). The molecule has 0 aliphatic carbocycles. The molecule has 1 saturated heterocycles. The normalized spacial score (nSPS) is 14.5. The summed E-state index contributed by atoms with van der Waals surface area (Å²) in [6, 6.07) is 11.1. The molecule has 1 aromatic carbocycles. The van der Waals surface area contributed by atoms with E-state index in [4.69, 9.17) is 4.74 Å². The molecule has 9 nitrogen and oxygen atoms in total. The number of carbonyl (C=O) groups is 3. The van der Waals surface area contributed by atoms with Gasteiger partial charge in [0.05, 0.1) is 11.8 Å². The van der Waals surface area contributed by atoms with Gasteiger partial charge in [0.25, 0.3) is 5.91 Å². The van der Waals surface area contributed by atoms with Gasteiger partial charge >= 0.3 is 5.97 Å². The maximum absolute atomic E-state index is 12.5. The van der Waals surface area contributed by atoms with Gasteiger partial charge in [0.15, 0.2) is 12.3 Å². The number of likely N-dealkylation sites (tertiary alicyclic amines) is 1. The van der Waals surface area contributed by atoms with Crippen LogP contribution in [0.15, 0.2) is 48.8 Å². The lowest BCUT2D eigenvalue weighted by molar-refractivity contribution is -0.137. The largest absolute Gasteiger partial charge is 0.452 e. The van der Waals surface area contributed by atoms with Crippen LogP contribution in [0.1, 0.15) is 43.1 Å². The van der Waals surface area contributed by atoms with Gasteiger partial charge in [-0.05, 0) is 44.9 Å². The second-order valence-corrected chi connectivity index (χ2v) is 8.41. The molecule has 0 saturated carbocycles. The lowest BCUT2D eigenvalue weighted by Crippen LogP contribution is -2.43. The summed E-state index contributed by atoms with van der Waals surface area (Å²) in [4.78, 5) is 43.3. The van der Waals surface area contributed by atoms with Crippen LogP contribution >= 0.6 is 0 Å². The number of esters is 1. The predicted octanol–water partition coefficient (Wildman–Crippen LogP) is 3.05. The minimum absolute atomic E-state index is 0.0385. The Labute approximate surface area is 191 Å². The number of fused-ring (bicyclic) bond motifs is 1. The zero-order valence-corrected chi connectivity index (χ0v) is 18.7. The highest BCUT2D eigenvalue weighted by atomic mass is 16.5. The molecule has 3 aromatic rings. The van der Waals surface area contributed by atoms with Crippen molar-refractivity contribution >= 4 is 34.5 Å². The number of ether oxygens (including phenoxy) is 1. The maximum atomic E-state index is 12.5. The number of nitrogens with one attached hydrogen (secondary N) is 1. The molecule has 0 unspecified atom stereocenters. The molecule has 33 heavy (non-hydrogen) atoms. The van der Waals surface area contributed by atoms with Crippen LogP contribution in [0.25, 0.3) is 11.0 Å². The lowest BCUT2D eigenvalue weighted by atomic mass is 9.95. The van der Waals surface area contributed by atoms with E-state index in [0.29, 0.717) is 31.6 Å². The first-order chi connectivity index (χ1) is 15.9. The SMILES string of the molecule is CC(C)n1ncc2cc(C(=O)OCC(=O)N3CCC(C(=O)Nc4ccccc4)CC3)cnc21. The number of amides is 2. The molecule has 1 fully saturated rings. The van der Waals surface area contributed by atoms with Crippen molar-refractivity contribution in [1.82, 2.24) is 19.7 Å². The summed E-state index contributed by atoms with van der Waals surface area (Å²) in [5.74, 6) is -1.07. The highest BCUT2D eigenvalue weighted by molar-refractivity contribution is 5.94. The molecule has 1 N–H and O–H groups in total. The number of benzene rings is 1. The van der Waals surface area contributed by atoms with E-state index in [9.17, 15) is 14.4 Å². The average molecular weight is 450 g/mol. The van der Waals surface area contributed by atoms with Crippen LogP contribution in [0.3, 0.4) is 0 Å². The molecule has 9 heteroatoms. The molecule has 1 aliphatic heterocycles. The molecule has 0 atom stereocenters. The average Bonchev–Trinajstić information content (AvgIpc) is 3.26. The van der Waals surface area contributed by atoms with Gasteiger partial charge in [-0.25, -0.2) is 14.5 Å². The zero-order valence-electron chi connectivity index (χ0n) is 18.7. The maximum Gasteiger partial charge on any atom is 0.340 e. The fraction of sp³-hybridized carbons (Fsp3) is 0.375. The van der Waals surface area contributed by atoms with Crippen molar-refractivity contribution in [2.75, 3.05) is 25.0 Å². The van der Waals surface area contributed by atoms with Crippen molar-refractivity contribution in [2.45, 2.75) is 32.7 Å². The summed E-state index contributed by atoms with van der Waals surface area (Å²) >= 11 is 0. The first-order valence-corrected chi connectivity index (χ1v) is 11.1. The molecular formula is C24H27N5O4. The first kappa shape index (κ1) is 22.4. The van der Waals surface area contributed by atoms with E-state index in [1.54, 1.807) is 21.8 Å². The molecule has 1 aliphatic rings. The third-order valence-corrected chi connectivity index (χ3v) is 5.74. The van der Waals surface area contributed by atoms with E-state index in [-0.39, 0.29) is 35.9 Å². The van der Waals surface area contributed by atoms with Crippen LogP contribution in [-0.4, -0.2) is 57.1 Å². The van der Waals surface area contributed by atoms with Gasteiger partial charge in [0.1, 0.15) is 0 Å². The van der Waals surface area contributed by atoms with Gasteiger partial charge in [-0.2, -0.15) is 5.10 Å². The summed E-state index contributed by atoms with van der Waals surface area (Å²) in [5, 5.41) is 7.93. The number of carbonyl (C=O) groups excluding carboxylic acids is 3. The van der Waals surface area contributed by atoms with Crippen LogP contribution in [0.5, 0.6) is 0 Å². The Kier molecular flexibility index (Phi) is 6.67. The topological polar surface area (TPSA) is 106 Å². The van der Waals surface area contributed by atoms with E-state index in [0.717, 1.165) is 11.1 Å². The predicted molar refractivity (Wildman–Crippen MR) is 123 cm³/mol. The molecule has 0 spiro atoms. The molecule has 172 valence electrons. The Morgan fingerprint density at radius 1 is 1.12 bits per heavy atom. The standard InChI is InChI=1S/C24H27N5O4/c1-16(2)29-22-18(14-26-29)12-19(13-25-22)24(32)33-15-21(30)28-10-8-17(9-11-28)23(31)27-20-6-4-3-5-7-20/h3-7,12-14,16-17H,8-11,15H2,1-2H3,(H,27,31). The minimum Gasteiger partial charge on any atom is -0.452 e. The Bertz CT molecular complexity index is 1150. The second-order valence-electron chi connectivity index (χ2n) is 8.41. The quantitative estimate of drug-likeness (QED) is 0.580. The molecular weight excluding hydrogens is 422 g/mol. The molecule has 2 amide bonds. The van der Waals surface area contributed by atoms with Gasteiger partial charge in [0.2, 0.25) is 5.91 Å². The van der Waals surface area contributed by atoms with Crippen LogP contribution < -0.4 is 5.32 Å². The number of hydrogen-bond donors (Lipinski definition) is 1. The van der Waals surface area contributed by atoms with Crippen LogP contribution in [0.2, 0.25) is 0 Å². The number of rotatable bonds is 6. The number of pyridine rings is 1. The third-order valence-electron chi connectivity index (χ3n) is 5.74. The third kappa shape index (κ3) is 5.19. The number of nitrogens with zero attached hydrogens (tertiary/aromatic N) is 4. The minimum atomic E-state index is -0.604.